The van der Waals surface area contributed by atoms with Gasteiger partial charge in [-0.1, -0.05) is 18.2 Å². The maximum atomic E-state index is 13.1. The van der Waals surface area contributed by atoms with Gasteiger partial charge in [0, 0.05) is 38.3 Å². The Kier molecular flexibility index (Phi) is 7.77. The fourth-order valence-corrected chi connectivity index (χ4v) is 6.18. The maximum Gasteiger partial charge on any atom is 0.573 e. The summed E-state index contributed by atoms with van der Waals surface area (Å²) in [6.07, 6.45) is -4.31. The van der Waals surface area contributed by atoms with Gasteiger partial charge in [0.1, 0.15) is 17.1 Å². The second kappa shape index (κ2) is 10.6. The number of piperidine rings is 1. The zero-order valence-electron chi connectivity index (χ0n) is 21.7. The number of amidine groups is 1. The van der Waals surface area contributed by atoms with Crippen LogP contribution in [0.2, 0.25) is 0 Å². The predicted molar refractivity (Wildman–Crippen MR) is 138 cm³/mol. The summed E-state index contributed by atoms with van der Waals surface area (Å²) in [4.78, 5) is 31.0. The van der Waals surface area contributed by atoms with Crippen molar-refractivity contribution in [3.8, 4) is 5.75 Å². The largest absolute Gasteiger partial charge is 0.573 e. The van der Waals surface area contributed by atoms with Crippen LogP contribution in [-0.4, -0.2) is 80.1 Å². The van der Waals surface area contributed by atoms with E-state index in [1.165, 1.54) is 21.3 Å². The standard InChI is InChI=1S/C26H29F3N4O5S/c1-17-15-20(23(34)32(2)3)8-7-18(17)9-14-39(36,37)33-12-10-25(11-13-33)24(35)30-22(31-25)19-5-4-6-21(16-19)38-26(27,28)29/h4-8,15-16H,9-14H2,1-3H3,(H,30,31,35). The number of nitrogens with zero attached hydrogens (tertiary/aromatic N) is 3. The minimum atomic E-state index is -4.85. The lowest BCUT2D eigenvalue weighted by Crippen LogP contribution is -2.50. The molecular formula is C26H29F3N4O5S. The van der Waals surface area contributed by atoms with Gasteiger partial charge >= 0.3 is 6.36 Å². The van der Waals surface area contributed by atoms with Crippen LogP contribution in [0.3, 0.4) is 0 Å². The molecule has 4 rings (SSSR count). The fourth-order valence-electron chi connectivity index (χ4n) is 4.70. The van der Waals surface area contributed by atoms with E-state index in [1.54, 1.807) is 32.3 Å². The van der Waals surface area contributed by atoms with E-state index in [4.69, 9.17) is 0 Å². The highest BCUT2D eigenvalue weighted by molar-refractivity contribution is 7.89. The van der Waals surface area contributed by atoms with E-state index < -0.39 is 33.6 Å². The third kappa shape index (κ3) is 6.41. The second-order valence-corrected chi connectivity index (χ2v) is 11.9. The van der Waals surface area contributed by atoms with Crippen molar-refractivity contribution in [2.24, 2.45) is 4.99 Å². The zero-order chi connectivity index (χ0) is 28.6. The Morgan fingerprint density at radius 3 is 2.46 bits per heavy atom. The summed E-state index contributed by atoms with van der Waals surface area (Å²) in [5, 5.41) is 2.63. The lowest BCUT2D eigenvalue weighted by molar-refractivity contribution is -0.274. The number of hydrogen-bond acceptors (Lipinski definition) is 6. The molecule has 0 unspecified atom stereocenters. The monoisotopic (exact) mass is 566 g/mol. The van der Waals surface area contributed by atoms with E-state index in [1.807, 2.05) is 6.92 Å². The van der Waals surface area contributed by atoms with E-state index >= 15 is 0 Å². The number of ether oxygens (including phenoxy) is 1. The molecule has 2 aliphatic heterocycles. The molecule has 2 aromatic rings. The van der Waals surface area contributed by atoms with Crippen LogP contribution >= 0.6 is 0 Å². The molecule has 0 aromatic heterocycles. The van der Waals surface area contributed by atoms with Gasteiger partial charge in [0.05, 0.1) is 5.75 Å². The normalized spacial score (nSPS) is 17.6. The van der Waals surface area contributed by atoms with E-state index in [0.717, 1.165) is 23.3 Å². The van der Waals surface area contributed by atoms with Gasteiger partial charge < -0.3 is 15.0 Å². The molecular weight excluding hydrogens is 537 g/mol. The van der Waals surface area contributed by atoms with Crippen LogP contribution in [0.1, 0.15) is 39.9 Å². The SMILES string of the molecule is Cc1cc(C(=O)N(C)C)ccc1CCS(=O)(=O)N1CCC2(CC1)N=C(c1cccc(OC(F)(F)F)c1)NC2=O. The third-order valence-corrected chi connectivity index (χ3v) is 8.76. The van der Waals surface area contributed by atoms with Crippen molar-refractivity contribution < 1.29 is 35.9 Å². The smallest absolute Gasteiger partial charge is 0.406 e. The number of hydrogen-bond donors (Lipinski definition) is 1. The highest BCUT2D eigenvalue weighted by Crippen LogP contribution is 2.33. The van der Waals surface area contributed by atoms with Gasteiger partial charge in [-0.3, -0.25) is 14.6 Å². The highest BCUT2D eigenvalue weighted by atomic mass is 32.2. The van der Waals surface area contributed by atoms with Crippen molar-refractivity contribution in [3.05, 3.63) is 64.7 Å². The summed E-state index contributed by atoms with van der Waals surface area (Å²) in [5.74, 6) is -0.999. The molecule has 2 aliphatic rings. The summed E-state index contributed by atoms with van der Waals surface area (Å²) in [7, 11) is -0.316. The molecule has 9 nitrogen and oxygen atoms in total. The number of sulfonamides is 1. The van der Waals surface area contributed by atoms with Gasteiger partial charge in [-0.05, 0) is 61.6 Å². The topological polar surface area (TPSA) is 108 Å². The van der Waals surface area contributed by atoms with Crippen molar-refractivity contribution in [2.45, 2.75) is 38.1 Å². The van der Waals surface area contributed by atoms with Crippen molar-refractivity contribution in [3.63, 3.8) is 0 Å². The summed E-state index contributed by atoms with van der Waals surface area (Å²) in [6, 6.07) is 10.3. The number of amides is 2. The average molecular weight is 567 g/mol. The number of rotatable bonds is 7. The third-order valence-electron chi connectivity index (χ3n) is 6.89. The summed E-state index contributed by atoms with van der Waals surface area (Å²) >= 11 is 0. The molecule has 0 radical (unpaired) electrons. The average Bonchev–Trinajstić information content (AvgIpc) is 3.17. The molecule has 2 amide bonds. The number of halogens is 3. The Morgan fingerprint density at radius 1 is 1.15 bits per heavy atom. The van der Waals surface area contributed by atoms with Gasteiger partial charge in [0.15, 0.2) is 0 Å². The van der Waals surface area contributed by atoms with E-state index in [9.17, 15) is 31.2 Å². The molecule has 0 saturated carbocycles. The number of aryl methyl sites for hydroxylation is 2. The Bertz CT molecular complexity index is 1410. The Hall–Kier alpha value is -3.45. The molecule has 0 aliphatic carbocycles. The first-order chi connectivity index (χ1) is 18.2. The predicted octanol–water partition coefficient (Wildman–Crippen LogP) is 2.88. The summed E-state index contributed by atoms with van der Waals surface area (Å²) in [6.45, 7) is 2.00. The molecule has 1 N–H and O–H groups in total. The lowest BCUT2D eigenvalue weighted by Gasteiger charge is -2.34. The Morgan fingerprint density at radius 2 is 1.85 bits per heavy atom. The Labute approximate surface area is 224 Å². The van der Waals surface area contributed by atoms with E-state index in [2.05, 4.69) is 15.0 Å². The van der Waals surface area contributed by atoms with Crippen LogP contribution < -0.4 is 10.1 Å². The maximum absolute atomic E-state index is 13.1. The zero-order valence-corrected chi connectivity index (χ0v) is 22.5. The van der Waals surface area contributed by atoms with Gasteiger partial charge in [0.25, 0.3) is 11.8 Å². The molecule has 39 heavy (non-hydrogen) atoms. The molecule has 0 atom stereocenters. The van der Waals surface area contributed by atoms with Crippen LogP contribution in [0.4, 0.5) is 13.2 Å². The number of benzene rings is 2. The van der Waals surface area contributed by atoms with Crippen molar-refractivity contribution >= 4 is 27.7 Å². The molecule has 1 saturated heterocycles. The minimum absolute atomic E-state index is 0.0824. The first-order valence-corrected chi connectivity index (χ1v) is 13.9. The molecule has 13 heteroatoms. The van der Waals surface area contributed by atoms with Crippen molar-refractivity contribution in [1.82, 2.24) is 14.5 Å². The molecule has 210 valence electrons. The van der Waals surface area contributed by atoms with Crippen LogP contribution in [0.25, 0.3) is 0 Å². The molecule has 2 aromatic carbocycles. The van der Waals surface area contributed by atoms with Gasteiger partial charge in [-0.2, -0.15) is 0 Å². The molecule has 1 fully saturated rings. The van der Waals surface area contributed by atoms with Gasteiger partial charge in [-0.25, -0.2) is 12.7 Å². The molecule has 1 spiro atoms. The number of aliphatic imine (C=N–C) groups is 1. The van der Waals surface area contributed by atoms with Gasteiger partial charge in [-0.15, -0.1) is 13.2 Å². The Balaban J connectivity index is 1.40. The number of carbonyl (C=O) groups is 2. The summed E-state index contributed by atoms with van der Waals surface area (Å²) in [5.41, 5.74) is 1.24. The second-order valence-electron chi connectivity index (χ2n) is 9.83. The van der Waals surface area contributed by atoms with Crippen LogP contribution in [0.5, 0.6) is 5.75 Å². The van der Waals surface area contributed by atoms with E-state index in [-0.39, 0.29) is 55.4 Å². The minimum Gasteiger partial charge on any atom is -0.406 e. The molecule has 2 heterocycles. The van der Waals surface area contributed by atoms with Crippen LogP contribution in [0, 0.1) is 6.92 Å². The fraction of sp³-hybridized carbons (Fsp3) is 0.423. The highest BCUT2D eigenvalue weighted by Gasteiger charge is 2.47. The van der Waals surface area contributed by atoms with Crippen LogP contribution in [0.15, 0.2) is 47.5 Å². The van der Waals surface area contributed by atoms with E-state index in [0.29, 0.717) is 5.56 Å². The van der Waals surface area contributed by atoms with Crippen molar-refractivity contribution in [1.29, 1.82) is 0 Å². The number of nitrogens with one attached hydrogen (secondary N) is 1. The summed E-state index contributed by atoms with van der Waals surface area (Å²) < 4.78 is 69.2. The van der Waals surface area contributed by atoms with Crippen LogP contribution in [-0.2, 0) is 21.2 Å². The van der Waals surface area contributed by atoms with Crippen molar-refractivity contribution in [2.75, 3.05) is 32.9 Å². The lowest BCUT2D eigenvalue weighted by atomic mass is 9.89. The number of alkyl halides is 3. The van der Waals surface area contributed by atoms with Gasteiger partial charge in [0.2, 0.25) is 10.0 Å². The quantitative estimate of drug-likeness (QED) is 0.555. The number of carbonyl (C=O) groups excluding carboxylic acids is 2. The molecule has 0 bridgehead atoms. The first kappa shape index (κ1) is 28.6. The first-order valence-electron chi connectivity index (χ1n) is 12.3.